The number of ether oxygens (including phenoxy) is 5. The molecule has 5 rings (SSSR count). The number of aliphatic hydroxyl groups excluding tert-OH is 5. The van der Waals surface area contributed by atoms with Gasteiger partial charge in [0.1, 0.15) is 58.2 Å². The van der Waals surface area contributed by atoms with Gasteiger partial charge in [-0.15, -0.1) is 0 Å². The van der Waals surface area contributed by atoms with Gasteiger partial charge in [-0.2, -0.15) is 0 Å². The molecular weight excluding hydrogens is 564 g/mol. The highest BCUT2D eigenvalue weighted by Gasteiger charge is 2.53. The maximum absolute atomic E-state index is 12.9. The maximum atomic E-state index is 12.9. The molecule has 0 saturated carbocycles. The van der Waals surface area contributed by atoms with Gasteiger partial charge in [-0.25, -0.2) is 0 Å². The summed E-state index contributed by atoms with van der Waals surface area (Å²) in [5.74, 6) is -0.612. The number of aliphatic hydroxyl groups is 6. The van der Waals surface area contributed by atoms with E-state index in [-0.39, 0.29) is 34.0 Å². The average Bonchev–Trinajstić information content (AvgIpc) is 3.25. The number of fused-ring (bicyclic) bond motifs is 1. The van der Waals surface area contributed by atoms with Gasteiger partial charge in [0.05, 0.1) is 26.9 Å². The number of phenols is 2. The molecule has 0 radical (unpaired) electrons. The standard InChI is InChI=1S/C27H30O15/c1-37-17-4-11(2-3-13(17)30)16-7-15(32)20-14(31)5-12(6-18(20)40-16)39-25-23(22(34)21(33)19(8-28)41-25)42-26-24(35)27(36,9-29)10-38-26/h2-7,19,21-26,28-31,33-36H,8-10H2,1H3/t19?,21-,22+,23?,24?,25-,26+,27?/m1/s1. The minimum atomic E-state index is -2.05. The highest BCUT2D eigenvalue weighted by molar-refractivity contribution is 5.86. The number of benzene rings is 2. The zero-order valence-corrected chi connectivity index (χ0v) is 22.1. The number of hydrogen-bond acceptors (Lipinski definition) is 15. The van der Waals surface area contributed by atoms with Crippen molar-refractivity contribution in [2.75, 3.05) is 26.9 Å². The third-order valence-corrected chi connectivity index (χ3v) is 7.20. The van der Waals surface area contributed by atoms with Crippen LogP contribution in [0.1, 0.15) is 0 Å². The molecule has 42 heavy (non-hydrogen) atoms. The largest absolute Gasteiger partial charge is 0.507 e. The SMILES string of the molecule is COc1cc(-c2cc(=O)c3c(O)cc(O[C@@H]4OC(CO)[C@@H](O)[C@H](O)C4O[C@@H]4OCC(O)(CO)C4O)cc3o2)ccc1O. The van der Waals surface area contributed by atoms with E-state index in [0.717, 1.165) is 12.1 Å². The van der Waals surface area contributed by atoms with Gasteiger partial charge in [0.2, 0.25) is 6.29 Å². The fourth-order valence-electron chi connectivity index (χ4n) is 4.78. The predicted molar refractivity (Wildman–Crippen MR) is 139 cm³/mol. The molecule has 1 aromatic heterocycles. The second kappa shape index (κ2) is 11.6. The van der Waals surface area contributed by atoms with Crippen LogP contribution >= 0.6 is 0 Å². The molecule has 2 fully saturated rings. The van der Waals surface area contributed by atoms with Crippen LogP contribution in [0.25, 0.3) is 22.3 Å². The van der Waals surface area contributed by atoms with E-state index in [4.69, 9.17) is 28.1 Å². The fraction of sp³-hybridized carbons (Fsp3) is 0.444. The lowest BCUT2D eigenvalue weighted by molar-refractivity contribution is -0.318. The summed E-state index contributed by atoms with van der Waals surface area (Å²) in [5.41, 5.74) is -2.39. The highest BCUT2D eigenvalue weighted by atomic mass is 16.8. The van der Waals surface area contributed by atoms with E-state index in [9.17, 15) is 45.6 Å². The quantitative estimate of drug-likeness (QED) is 0.148. The lowest BCUT2D eigenvalue weighted by atomic mass is 9.98. The van der Waals surface area contributed by atoms with Crippen molar-refractivity contribution < 1.29 is 69.0 Å². The summed E-state index contributed by atoms with van der Waals surface area (Å²) in [6.45, 7) is -2.08. The Balaban J connectivity index is 1.48. The first kappa shape index (κ1) is 30.0. The van der Waals surface area contributed by atoms with Crippen LogP contribution < -0.4 is 14.9 Å². The summed E-state index contributed by atoms with van der Waals surface area (Å²) in [4.78, 5) is 12.9. The summed E-state index contributed by atoms with van der Waals surface area (Å²) in [6, 6.07) is 7.73. The van der Waals surface area contributed by atoms with E-state index in [2.05, 4.69) is 0 Å². The van der Waals surface area contributed by atoms with E-state index >= 15 is 0 Å². The van der Waals surface area contributed by atoms with Crippen molar-refractivity contribution in [2.45, 2.75) is 48.7 Å². The van der Waals surface area contributed by atoms with Crippen LogP contribution in [-0.2, 0) is 14.2 Å². The number of hydrogen-bond donors (Lipinski definition) is 8. The minimum absolute atomic E-state index is 0.0695. The zero-order chi connectivity index (χ0) is 30.3. The van der Waals surface area contributed by atoms with E-state index in [1.807, 2.05) is 0 Å². The van der Waals surface area contributed by atoms with Crippen molar-refractivity contribution in [1.29, 1.82) is 0 Å². The first-order chi connectivity index (χ1) is 20.0. The van der Waals surface area contributed by atoms with Crippen molar-refractivity contribution in [1.82, 2.24) is 0 Å². The predicted octanol–water partition coefficient (Wildman–Crippen LogP) is -1.48. The molecule has 15 heteroatoms. The fourth-order valence-corrected chi connectivity index (χ4v) is 4.78. The van der Waals surface area contributed by atoms with Gasteiger partial charge < -0.3 is 69.0 Å². The van der Waals surface area contributed by atoms with E-state index in [1.54, 1.807) is 0 Å². The minimum Gasteiger partial charge on any atom is -0.507 e. The second-order valence-electron chi connectivity index (χ2n) is 9.99. The summed E-state index contributed by atoms with van der Waals surface area (Å²) in [5, 5.41) is 81.3. The molecule has 15 nitrogen and oxygen atoms in total. The number of methoxy groups -OCH3 is 1. The Hall–Kier alpha value is -3.51. The Morgan fingerprint density at radius 3 is 2.43 bits per heavy atom. The van der Waals surface area contributed by atoms with Gasteiger partial charge in [-0.05, 0) is 18.2 Å². The molecule has 8 N–H and O–H groups in total. The van der Waals surface area contributed by atoms with Crippen LogP contribution in [0.5, 0.6) is 23.0 Å². The average molecular weight is 595 g/mol. The number of phenolic OH excluding ortho intramolecular Hbond substituents is 2. The summed E-state index contributed by atoms with van der Waals surface area (Å²) < 4.78 is 33.2. The molecule has 8 atom stereocenters. The Kier molecular flexibility index (Phi) is 8.30. The molecule has 2 aliphatic heterocycles. The molecule has 228 valence electrons. The van der Waals surface area contributed by atoms with Crippen LogP contribution in [0.3, 0.4) is 0 Å². The van der Waals surface area contributed by atoms with Crippen LogP contribution in [0.4, 0.5) is 0 Å². The lowest BCUT2D eigenvalue weighted by Gasteiger charge is -2.42. The van der Waals surface area contributed by atoms with Crippen LogP contribution in [0.2, 0.25) is 0 Å². The molecule has 2 aliphatic rings. The molecule has 4 unspecified atom stereocenters. The van der Waals surface area contributed by atoms with Crippen molar-refractivity contribution in [2.24, 2.45) is 0 Å². The molecule has 3 heterocycles. The van der Waals surface area contributed by atoms with Crippen LogP contribution in [0, 0.1) is 0 Å². The van der Waals surface area contributed by atoms with E-state index in [0.29, 0.717) is 5.56 Å². The highest BCUT2D eigenvalue weighted by Crippen LogP contribution is 2.36. The van der Waals surface area contributed by atoms with E-state index in [1.165, 1.54) is 31.4 Å². The third kappa shape index (κ3) is 5.37. The Bertz CT molecular complexity index is 1490. The number of rotatable bonds is 8. The molecule has 0 bridgehead atoms. The topological polar surface area (TPSA) is 238 Å². The van der Waals surface area contributed by atoms with E-state index < -0.39 is 79.7 Å². The van der Waals surface area contributed by atoms with Gasteiger partial charge in [0.15, 0.2) is 29.3 Å². The Morgan fingerprint density at radius 2 is 1.76 bits per heavy atom. The molecule has 0 amide bonds. The van der Waals surface area contributed by atoms with Gasteiger partial charge in [-0.1, -0.05) is 0 Å². The third-order valence-electron chi connectivity index (χ3n) is 7.20. The van der Waals surface area contributed by atoms with Gasteiger partial charge in [-0.3, -0.25) is 4.79 Å². The van der Waals surface area contributed by atoms with Crippen molar-refractivity contribution in [3.05, 3.63) is 46.6 Å². The van der Waals surface area contributed by atoms with Crippen LogP contribution in [-0.4, -0.2) is 116 Å². The second-order valence-corrected chi connectivity index (χ2v) is 9.99. The summed E-state index contributed by atoms with van der Waals surface area (Å²) in [7, 11) is 1.35. The summed E-state index contributed by atoms with van der Waals surface area (Å²) >= 11 is 0. The number of aromatic hydroxyl groups is 2. The first-order valence-electron chi connectivity index (χ1n) is 12.8. The molecule has 2 aromatic carbocycles. The molecular formula is C27H30O15. The van der Waals surface area contributed by atoms with Crippen LogP contribution in [0.15, 0.2) is 45.6 Å². The summed E-state index contributed by atoms with van der Waals surface area (Å²) in [6.07, 6.45) is -11.3. The van der Waals surface area contributed by atoms with Crippen molar-refractivity contribution >= 4 is 11.0 Å². The lowest BCUT2D eigenvalue weighted by Crippen LogP contribution is -2.62. The molecule has 2 saturated heterocycles. The van der Waals surface area contributed by atoms with Gasteiger partial charge in [0.25, 0.3) is 0 Å². The van der Waals surface area contributed by atoms with Gasteiger partial charge >= 0.3 is 0 Å². The Labute approximate surface area is 236 Å². The normalized spacial score (nSPS) is 31.4. The molecule has 3 aromatic rings. The van der Waals surface area contributed by atoms with Gasteiger partial charge in [0, 0.05) is 23.8 Å². The maximum Gasteiger partial charge on any atom is 0.229 e. The molecule has 0 aliphatic carbocycles. The molecule has 0 spiro atoms. The monoisotopic (exact) mass is 594 g/mol. The smallest absolute Gasteiger partial charge is 0.229 e. The van der Waals surface area contributed by atoms with Crippen molar-refractivity contribution in [3.8, 4) is 34.3 Å². The Morgan fingerprint density at radius 1 is 1.00 bits per heavy atom. The van der Waals surface area contributed by atoms with Crippen molar-refractivity contribution in [3.63, 3.8) is 0 Å². The first-order valence-corrected chi connectivity index (χ1v) is 12.8. The zero-order valence-electron chi connectivity index (χ0n) is 22.1.